The smallest absolute Gasteiger partial charge is 0.152 e. The molecular weight excluding hydrogens is 296 g/mol. The normalized spacial score (nSPS) is 13.3. The van der Waals surface area contributed by atoms with Crippen LogP contribution in [-0.2, 0) is 0 Å². The van der Waals surface area contributed by atoms with Gasteiger partial charge >= 0.3 is 0 Å². The van der Waals surface area contributed by atoms with E-state index in [0.717, 1.165) is 22.7 Å². The molecule has 0 amide bonds. The average Bonchev–Trinajstić information content (AvgIpc) is 3.26. The van der Waals surface area contributed by atoms with Gasteiger partial charge in [-0.15, -0.1) is 6.42 Å². The van der Waals surface area contributed by atoms with E-state index >= 15 is 0 Å². The Balaban J connectivity index is 2.32. The summed E-state index contributed by atoms with van der Waals surface area (Å²) in [4.78, 5) is 15.2. The molecule has 122 valence electrons. The van der Waals surface area contributed by atoms with E-state index in [9.17, 15) is 0 Å². The van der Waals surface area contributed by atoms with Crippen molar-refractivity contribution in [2.24, 2.45) is 9.98 Å². The number of aromatic nitrogens is 2. The van der Waals surface area contributed by atoms with Crippen molar-refractivity contribution in [3.8, 4) is 12.3 Å². The summed E-state index contributed by atoms with van der Waals surface area (Å²) < 4.78 is 0. The number of terminal acetylenes is 1. The number of hydrogen-bond donors (Lipinski definition) is 2. The molecule has 0 aliphatic heterocycles. The zero-order valence-electron chi connectivity index (χ0n) is 14.2. The number of nitrogens with zero attached hydrogens (tertiary/aromatic N) is 2. The number of allylic oxidation sites excluding steroid dienone is 3. The fourth-order valence-electron chi connectivity index (χ4n) is 1.91. The number of hydrogen-bond acceptors (Lipinski definition) is 2. The maximum atomic E-state index is 5.70. The fourth-order valence-corrected chi connectivity index (χ4v) is 1.91. The summed E-state index contributed by atoms with van der Waals surface area (Å²) in [6.07, 6.45) is 14.9. The van der Waals surface area contributed by atoms with Crippen molar-refractivity contribution in [2.75, 3.05) is 0 Å². The molecular formula is C20H22N4. The van der Waals surface area contributed by atoms with Gasteiger partial charge in [0.15, 0.2) is 6.04 Å². The molecule has 24 heavy (non-hydrogen) atoms. The Kier molecular flexibility index (Phi) is 6.16. The van der Waals surface area contributed by atoms with E-state index in [1.165, 1.54) is 5.57 Å². The van der Waals surface area contributed by atoms with Crippen molar-refractivity contribution in [3.63, 3.8) is 0 Å². The third-order valence-corrected chi connectivity index (χ3v) is 3.55. The molecule has 4 nitrogen and oxygen atoms in total. The van der Waals surface area contributed by atoms with Gasteiger partial charge in [0.1, 0.15) is 0 Å². The number of aromatic amines is 2. The first-order valence-electron chi connectivity index (χ1n) is 7.76. The lowest BCUT2D eigenvalue weighted by molar-refractivity contribution is 0.963. The van der Waals surface area contributed by atoms with Crippen molar-refractivity contribution in [3.05, 3.63) is 71.0 Å². The van der Waals surface area contributed by atoms with Crippen molar-refractivity contribution in [1.29, 1.82) is 0 Å². The first-order valence-corrected chi connectivity index (χ1v) is 7.76. The third-order valence-electron chi connectivity index (χ3n) is 3.55. The molecule has 2 rings (SSSR count). The second-order valence-corrected chi connectivity index (χ2v) is 5.61. The van der Waals surface area contributed by atoms with E-state index in [0.29, 0.717) is 0 Å². The minimum atomic E-state index is -0.450. The predicted molar refractivity (Wildman–Crippen MR) is 102 cm³/mol. The van der Waals surface area contributed by atoms with Crippen LogP contribution in [0.5, 0.6) is 0 Å². The van der Waals surface area contributed by atoms with E-state index < -0.39 is 6.04 Å². The summed E-state index contributed by atoms with van der Waals surface area (Å²) >= 11 is 0. The monoisotopic (exact) mass is 318 g/mol. The van der Waals surface area contributed by atoms with Crippen molar-refractivity contribution in [2.45, 2.75) is 26.8 Å². The molecule has 4 heteroatoms. The van der Waals surface area contributed by atoms with E-state index in [4.69, 9.17) is 6.42 Å². The molecule has 0 aliphatic rings. The number of aliphatic imine (C=N–C) groups is 2. The molecule has 0 fully saturated rings. The first kappa shape index (κ1) is 17.3. The van der Waals surface area contributed by atoms with E-state index in [1.54, 1.807) is 12.4 Å². The summed E-state index contributed by atoms with van der Waals surface area (Å²) in [6.45, 7) is 6.16. The van der Waals surface area contributed by atoms with Gasteiger partial charge in [0, 0.05) is 18.6 Å². The van der Waals surface area contributed by atoms with Crippen LogP contribution in [0.3, 0.4) is 0 Å². The summed E-state index contributed by atoms with van der Waals surface area (Å²) in [5.74, 6) is 2.71. The first-order chi connectivity index (χ1) is 11.6. The molecule has 2 aromatic rings. The Morgan fingerprint density at radius 2 is 1.71 bits per heavy atom. The number of nitrogens with one attached hydrogen (secondary N) is 2. The Morgan fingerprint density at radius 1 is 1.08 bits per heavy atom. The Morgan fingerprint density at radius 3 is 2.21 bits per heavy atom. The highest BCUT2D eigenvalue weighted by Crippen LogP contribution is 2.14. The summed E-state index contributed by atoms with van der Waals surface area (Å²) in [5.41, 5.74) is 4.89. The molecule has 0 spiro atoms. The van der Waals surface area contributed by atoms with Crippen LogP contribution in [0.2, 0.25) is 0 Å². The molecule has 0 saturated heterocycles. The maximum Gasteiger partial charge on any atom is 0.152 e. The van der Waals surface area contributed by atoms with Gasteiger partial charge in [-0.3, -0.25) is 9.98 Å². The lowest BCUT2D eigenvalue weighted by atomic mass is 10.1. The van der Waals surface area contributed by atoms with Crippen molar-refractivity contribution < 1.29 is 0 Å². The largest absolute Gasteiger partial charge is 0.360 e. The molecule has 0 saturated carbocycles. The van der Waals surface area contributed by atoms with Gasteiger partial charge in [0.05, 0.1) is 23.3 Å². The van der Waals surface area contributed by atoms with Gasteiger partial charge in [-0.2, -0.15) is 0 Å². The maximum absolute atomic E-state index is 5.70. The standard InChI is InChI=1S/C20H22N4/c1-5-19(23-13-17-8-6-10-21-17)20(12-16(4)15(2)3)24-14-18-9-7-11-22-18/h1,6-14,19,21-22H,2-4H3/b20-12+,23-13?,24-14?. The molecule has 2 N–H and O–H groups in total. The van der Waals surface area contributed by atoms with Crippen LogP contribution in [0.25, 0.3) is 0 Å². The van der Waals surface area contributed by atoms with Crippen LogP contribution >= 0.6 is 0 Å². The Bertz CT molecular complexity index is 790. The summed E-state index contributed by atoms with van der Waals surface area (Å²) in [6, 6.07) is 7.27. The van der Waals surface area contributed by atoms with E-state index in [1.807, 2.05) is 49.7 Å². The van der Waals surface area contributed by atoms with Gasteiger partial charge in [0.2, 0.25) is 0 Å². The molecule has 0 radical (unpaired) electrons. The van der Waals surface area contributed by atoms with E-state index in [-0.39, 0.29) is 0 Å². The molecule has 1 unspecified atom stereocenters. The highest BCUT2D eigenvalue weighted by Gasteiger charge is 2.09. The molecule has 2 heterocycles. The summed E-state index contributed by atoms with van der Waals surface area (Å²) in [7, 11) is 0. The molecule has 2 aromatic heterocycles. The van der Waals surface area contributed by atoms with Crippen LogP contribution < -0.4 is 0 Å². The van der Waals surface area contributed by atoms with Crippen molar-refractivity contribution in [1.82, 2.24) is 9.97 Å². The predicted octanol–water partition coefficient (Wildman–Crippen LogP) is 4.12. The molecule has 1 atom stereocenters. The minimum absolute atomic E-state index is 0.450. The van der Waals surface area contributed by atoms with Gasteiger partial charge in [0.25, 0.3) is 0 Å². The molecule has 0 bridgehead atoms. The third kappa shape index (κ3) is 4.99. The lowest BCUT2D eigenvalue weighted by Crippen LogP contribution is -2.06. The number of rotatable bonds is 6. The van der Waals surface area contributed by atoms with Crippen LogP contribution in [0.4, 0.5) is 0 Å². The minimum Gasteiger partial charge on any atom is -0.360 e. The quantitative estimate of drug-likeness (QED) is 0.457. The van der Waals surface area contributed by atoms with Crippen LogP contribution in [0.15, 0.2) is 69.6 Å². The molecule has 0 aromatic carbocycles. The van der Waals surface area contributed by atoms with Crippen LogP contribution in [0, 0.1) is 12.3 Å². The van der Waals surface area contributed by atoms with Gasteiger partial charge in [-0.25, -0.2) is 0 Å². The number of H-pyrrole nitrogens is 2. The zero-order chi connectivity index (χ0) is 17.4. The van der Waals surface area contributed by atoms with Gasteiger partial charge in [-0.1, -0.05) is 17.1 Å². The van der Waals surface area contributed by atoms with Crippen molar-refractivity contribution >= 4 is 12.4 Å². The summed E-state index contributed by atoms with van der Waals surface area (Å²) in [5, 5.41) is 0. The van der Waals surface area contributed by atoms with Crippen LogP contribution in [0.1, 0.15) is 32.2 Å². The highest BCUT2D eigenvalue weighted by molar-refractivity contribution is 5.79. The Labute approximate surface area is 143 Å². The average molecular weight is 318 g/mol. The van der Waals surface area contributed by atoms with E-state index in [2.05, 4.69) is 39.7 Å². The second kappa shape index (κ2) is 8.54. The Hall–Kier alpha value is -3.06. The topological polar surface area (TPSA) is 56.3 Å². The second-order valence-electron chi connectivity index (χ2n) is 5.61. The van der Waals surface area contributed by atoms with Gasteiger partial charge in [-0.05, 0) is 51.1 Å². The lowest BCUT2D eigenvalue weighted by Gasteiger charge is -2.08. The van der Waals surface area contributed by atoms with Gasteiger partial charge < -0.3 is 9.97 Å². The fraction of sp³-hybridized carbons (Fsp3) is 0.200. The highest BCUT2D eigenvalue weighted by atomic mass is 14.9. The zero-order valence-corrected chi connectivity index (χ0v) is 14.2. The SMILES string of the molecule is C#CC(N=Cc1ccc[nH]1)/C(=C\C(C)=C(C)C)N=Cc1ccc[nH]1. The molecule has 0 aliphatic carbocycles. The van der Waals surface area contributed by atoms with Crippen LogP contribution in [-0.4, -0.2) is 28.4 Å².